The molecule has 0 atom stereocenters. The molecule has 0 bridgehead atoms. The second-order valence-electron chi connectivity index (χ2n) is 4.13. The van der Waals surface area contributed by atoms with E-state index >= 15 is 0 Å². The van der Waals surface area contributed by atoms with Crippen LogP contribution in [0.1, 0.15) is 10.4 Å². The van der Waals surface area contributed by atoms with Gasteiger partial charge in [0, 0.05) is 23.4 Å². The van der Waals surface area contributed by atoms with E-state index in [0.29, 0.717) is 11.3 Å². The number of aromatic nitrogens is 1. The first-order chi connectivity index (χ1) is 9.88. The summed E-state index contributed by atoms with van der Waals surface area (Å²) < 4.78 is 0. The van der Waals surface area contributed by atoms with E-state index in [1.165, 1.54) is 24.3 Å². The molecule has 0 fully saturated rings. The van der Waals surface area contributed by atoms with Crippen LogP contribution in [0.5, 0.6) is 0 Å². The van der Waals surface area contributed by atoms with Crippen molar-refractivity contribution >= 4 is 23.4 Å². The van der Waals surface area contributed by atoms with Crippen molar-refractivity contribution in [3.63, 3.8) is 0 Å². The van der Waals surface area contributed by atoms with Gasteiger partial charge in [0.2, 0.25) is 0 Å². The normalized spacial score (nSPS) is 10.1. The fourth-order valence-electron chi connectivity index (χ4n) is 1.81. The van der Waals surface area contributed by atoms with E-state index in [-0.39, 0.29) is 17.1 Å². The van der Waals surface area contributed by atoms with Crippen LogP contribution in [0.25, 0.3) is 11.3 Å². The first-order valence-electron chi connectivity index (χ1n) is 5.72. The molecule has 1 aromatic carbocycles. The summed E-state index contributed by atoms with van der Waals surface area (Å²) in [6.45, 7) is 0. The standard InChI is InChI=1S/C12H11N5O4/c13-10(18)8-5-9(15-11(8)16-12(14)19)6-2-1-3-7(4-6)17(20)21/h1-5,15H,(H2,13,18)(H3,14,16,19). The number of hydrogen-bond donors (Lipinski definition) is 4. The second kappa shape index (κ2) is 5.33. The second-order valence-corrected chi connectivity index (χ2v) is 4.13. The summed E-state index contributed by atoms with van der Waals surface area (Å²) in [5.41, 5.74) is 11.0. The molecule has 0 saturated carbocycles. The lowest BCUT2D eigenvalue weighted by molar-refractivity contribution is -0.384. The zero-order valence-electron chi connectivity index (χ0n) is 10.6. The average Bonchev–Trinajstić information content (AvgIpc) is 2.82. The molecular weight excluding hydrogens is 278 g/mol. The van der Waals surface area contributed by atoms with Crippen LogP contribution >= 0.6 is 0 Å². The molecule has 6 N–H and O–H groups in total. The van der Waals surface area contributed by atoms with Gasteiger partial charge in [-0.3, -0.25) is 20.2 Å². The number of urea groups is 1. The van der Waals surface area contributed by atoms with Crippen molar-refractivity contribution in [1.29, 1.82) is 0 Å². The van der Waals surface area contributed by atoms with E-state index in [0.717, 1.165) is 0 Å². The lowest BCUT2D eigenvalue weighted by atomic mass is 10.1. The zero-order chi connectivity index (χ0) is 15.6. The van der Waals surface area contributed by atoms with Gasteiger partial charge in [0.25, 0.3) is 11.6 Å². The maximum Gasteiger partial charge on any atom is 0.317 e. The molecule has 0 radical (unpaired) electrons. The molecule has 0 saturated heterocycles. The van der Waals surface area contributed by atoms with Gasteiger partial charge in [-0.05, 0) is 6.07 Å². The fourth-order valence-corrected chi connectivity index (χ4v) is 1.81. The third kappa shape index (κ3) is 2.97. The Morgan fingerprint density at radius 2 is 1.95 bits per heavy atom. The Kier molecular flexibility index (Phi) is 3.57. The molecule has 0 aliphatic heterocycles. The maximum absolute atomic E-state index is 11.3. The highest BCUT2D eigenvalue weighted by Gasteiger charge is 2.16. The summed E-state index contributed by atoms with van der Waals surface area (Å²) in [5.74, 6) is -0.733. The molecule has 108 valence electrons. The van der Waals surface area contributed by atoms with E-state index in [2.05, 4.69) is 10.3 Å². The molecule has 0 unspecified atom stereocenters. The Balaban J connectivity index is 2.49. The number of rotatable bonds is 4. The summed E-state index contributed by atoms with van der Waals surface area (Å²) in [6, 6.07) is 6.28. The monoisotopic (exact) mass is 289 g/mol. The Labute approximate surface area is 118 Å². The molecule has 3 amide bonds. The van der Waals surface area contributed by atoms with E-state index in [9.17, 15) is 19.7 Å². The van der Waals surface area contributed by atoms with Gasteiger partial charge in [0.15, 0.2) is 0 Å². The largest absolute Gasteiger partial charge is 0.365 e. The molecule has 0 aliphatic rings. The van der Waals surface area contributed by atoms with Crippen LogP contribution in [0.2, 0.25) is 0 Å². The number of hydrogen-bond acceptors (Lipinski definition) is 4. The molecule has 1 heterocycles. The number of anilines is 1. The molecule has 0 aliphatic carbocycles. The summed E-state index contributed by atoms with van der Waals surface area (Å²) in [7, 11) is 0. The van der Waals surface area contributed by atoms with Gasteiger partial charge in [-0.15, -0.1) is 0 Å². The van der Waals surface area contributed by atoms with Gasteiger partial charge < -0.3 is 16.5 Å². The Bertz CT molecular complexity index is 737. The smallest absolute Gasteiger partial charge is 0.317 e. The highest BCUT2D eigenvalue weighted by atomic mass is 16.6. The van der Waals surface area contributed by atoms with Gasteiger partial charge in [0.05, 0.1) is 10.5 Å². The number of nitrogens with two attached hydrogens (primary N) is 2. The Morgan fingerprint density at radius 3 is 2.52 bits per heavy atom. The number of carbonyl (C=O) groups is 2. The number of carbonyl (C=O) groups excluding carboxylic acids is 2. The average molecular weight is 289 g/mol. The molecule has 9 nitrogen and oxygen atoms in total. The molecular formula is C12H11N5O4. The molecule has 1 aromatic heterocycles. The third-order valence-electron chi connectivity index (χ3n) is 2.70. The number of nitro groups is 1. The van der Waals surface area contributed by atoms with Crippen molar-refractivity contribution in [2.75, 3.05) is 5.32 Å². The number of nitrogens with zero attached hydrogens (tertiary/aromatic N) is 1. The zero-order valence-corrected chi connectivity index (χ0v) is 10.6. The molecule has 9 heteroatoms. The number of aromatic amines is 1. The fraction of sp³-hybridized carbons (Fsp3) is 0. The predicted molar refractivity (Wildman–Crippen MR) is 74.6 cm³/mol. The van der Waals surface area contributed by atoms with E-state index < -0.39 is 16.9 Å². The Morgan fingerprint density at radius 1 is 1.24 bits per heavy atom. The van der Waals surface area contributed by atoms with Crippen molar-refractivity contribution < 1.29 is 14.5 Å². The third-order valence-corrected chi connectivity index (χ3v) is 2.70. The number of primary amides is 2. The quantitative estimate of drug-likeness (QED) is 0.492. The predicted octanol–water partition coefficient (Wildman–Crippen LogP) is 1.18. The van der Waals surface area contributed by atoms with E-state index in [1.54, 1.807) is 6.07 Å². The number of benzene rings is 1. The maximum atomic E-state index is 11.3. The van der Waals surface area contributed by atoms with Crippen LogP contribution in [-0.2, 0) is 0 Å². The van der Waals surface area contributed by atoms with Crippen LogP contribution in [0.3, 0.4) is 0 Å². The van der Waals surface area contributed by atoms with Crippen LogP contribution in [-0.4, -0.2) is 21.8 Å². The molecule has 2 rings (SSSR count). The summed E-state index contributed by atoms with van der Waals surface area (Å²) >= 11 is 0. The van der Waals surface area contributed by atoms with Gasteiger partial charge in [-0.2, -0.15) is 0 Å². The Hall–Kier alpha value is -3.36. The molecule has 2 aromatic rings. The summed E-state index contributed by atoms with van der Waals surface area (Å²) in [5, 5.41) is 13.0. The number of nitrogens with one attached hydrogen (secondary N) is 2. The lowest BCUT2D eigenvalue weighted by Gasteiger charge is -2.00. The minimum Gasteiger partial charge on any atom is -0.365 e. The SMILES string of the molecule is NC(=O)Nc1[nH]c(-c2cccc([N+](=O)[O-])c2)cc1C(N)=O. The first-order valence-corrected chi connectivity index (χ1v) is 5.72. The highest BCUT2D eigenvalue weighted by Crippen LogP contribution is 2.27. The van der Waals surface area contributed by atoms with Gasteiger partial charge in [0.1, 0.15) is 5.82 Å². The van der Waals surface area contributed by atoms with Crippen molar-refractivity contribution in [2.24, 2.45) is 11.5 Å². The number of H-pyrrole nitrogens is 1. The lowest BCUT2D eigenvalue weighted by Crippen LogP contribution is -2.22. The summed E-state index contributed by atoms with van der Waals surface area (Å²) in [6.07, 6.45) is 0. The van der Waals surface area contributed by atoms with Crippen molar-refractivity contribution in [3.05, 3.63) is 46.0 Å². The van der Waals surface area contributed by atoms with Gasteiger partial charge in [-0.1, -0.05) is 12.1 Å². The minimum absolute atomic E-state index is 0.0234. The van der Waals surface area contributed by atoms with Crippen LogP contribution in [0.15, 0.2) is 30.3 Å². The number of non-ortho nitro benzene ring substituents is 1. The van der Waals surface area contributed by atoms with Crippen LogP contribution in [0, 0.1) is 10.1 Å². The van der Waals surface area contributed by atoms with Crippen molar-refractivity contribution in [1.82, 2.24) is 4.98 Å². The van der Waals surface area contributed by atoms with Crippen molar-refractivity contribution in [3.8, 4) is 11.3 Å². The summed E-state index contributed by atoms with van der Waals surface area (Å²) in [4.78, 5) is 35.2. The number of nitro benzene ring substituents is 1. The highest BCUT2D eigenvalue weighted by molar-refractivity contribution is 6.03. The van der Waals surface area contributed by atoms with Gasteiger partial charge >= 0.3 is 6.03 Å². The van der Waals surface area contributed by atoms with Gasteiger partial charge in [-0.25, -0.2) is 4.79 Å². The molecule has 21 heavy (non-hydrogen) atoms. The molecule has 0 spiro atoms. The van der Waals surface area contributed by atoms with Crippen LogP contribution < -0.4 is 16.8 Å². The van der Waals surface area contributed by atoms with Crippen molar-refractivity contribution in [2.45, 2.75) is 0 Å². The van der Waals surface area contributed by atoms with Crippen LogP contribution in [0.4, 0.5) is 16.3 Å². The van der Waals surface area contributed by atoms with E-state index in [4.69, 9.17) is 11.5 Å². The topological polar surface area (TPSA) is 157 Å². The minimum atomic E-state index is -0.870. The first kappa shape index (κ1) is 14.1. The van der Waals surface area contributed by atoms with E-state index in [1.807, 2.05) is 0 Å². The number of amides is 3.